The van der Waals surface area contributed by atoms with Crippen LogP contribution >= 0.6 is 0 Å². The van der Waals surface area contributed by atoms with Gasteiger partial charge in [0.15, 0.2) is 0 Å². The summed E-state index contributed by atoms with van der Waals surface area (Å²) in [5.74, 6) is -1.96. The van der Waals surface area contributed by atoms with Crippen LogP contribution in [0.25, 0.3) is 0 Å². The van der Waals surface area contributed by atoms with Crippen LogP contribution in [0.1, 0.15) is 10.4 Å². The maximum Gasteiger partial charge on any atom is 0.337 e. The fourth-order valence-electron chi connectivity index (χ4n) is 1.31. The summed E-state index contributed by atoms with van der Waals surface area (Å²) in [5, 5.41) is 11.4. The fraction of sp³-hybridized carbons (Fsp3) is 0.300. The second-order valence-electron chi connectivity index (χ2n) is 3.56. The molecule has 0 heterocycles. The molecule has 3 N–H and O–H groups in total. The smallest absolute Gasteiger partial charge is 0.337 e. The molecule has 0 aliphatic carbocycles. The van der Waals surface area contributed by atoms with Crippen molar-refractivity contribution in [3.63, 3.8) is 0 Å². The molecule has 0 bridgehead atoms. The third kappa shape index (κ3) is 4.30. The normalized spacial score (nSPS) is 11.2. The zero-order valence-electron chi connectivity index (χ0n) is 9.60. The van der Waals surface area contributed by atoms with Gasteiger partial charge in [-0.05, 0) is 12.1 Å². The number of sulfonamides is 1. The van der Waals surface area contributed by atoms with Crippen molar-refractivity contribution in [3.05, 3.63) is 29.6 Å². The van der Waals surface area contributed by atoms with E-state index in [1.165, 1.54) is 12.1 Å². The molecular weight excluding hydrogens is 263 g/mol. The van der Waals surface area contributed by atoms with Gasteiger partial charge < -0.3 is 10.4 Å². The van der Waals surface area contributed by atoms with E-state index in [1.807, 2.05) is 0 Å². The highest BCUT2D eigenvalue weighted by Gasteiger charge is 2.13. The first kappa shape index (κ1) is 14.4. The molecule has 1 aromatic carbocycles. The minimum absolute atomic E-state index is 0.0340. The molecule has 0 saturated heterocycles. The first-order valence-electron chi connectivity index (χ1n) is 5.01. The molecule has 0 atom stereocenters. The molecule has 0 radical (unpaired) electrons. The molecule has 1 aromatic rings. The number of carboxylic acids is 1. The molecule has 0 saturated carbocycles. The number of hydrogen-bond acceptors (Lipinski definition) is 4. The van der Waals surface area contributed by atoms with Gasteiger partial charge in [-0.15, -0.1) is 0 Å². The van der Waals surface area contributed by atoms with Gasteiger partial charge in [-0.1, -0.05) is 6.07 Å². The van der Waals surface area contributed by atoms with Gasteiger partial charge in [-0.2, -0.15) is 0 Å². The molecule has 18 heavy (non-hydrogen) atoms. The van der Waals surface area contributed by atoms with E-state index in [0.29, 0.717) is 0 Å². The number of carbonyl (C=O) groups is 1. The highest BCUT2D eigenvalue weighted by atomic mass is 32.2. The van der Waals surface area contributed by atoms with Crippen molar-refractivity contribution in [2.45, 2.75) is 0 Å². The zero-order chi connectivity index (χ0) is 13.8. The third-order valence-corrected chi connectivity index (χ3v) is 2.76. The molecule has 0 aliphatic heterocycles. The topological polar surface area (TPSA) is 95.5 Å². The van der Waals surface area contributed by atoms with Gasteiger partial charge in [-0.25, -0.2) is 22.3 Å². The van der Waals surface area contributed by atoms with Crippen molar-refractivity contribution in [2.24, 2.45) is 0 Å². The van der Waals surface area contributed by atoms with Crippen LogP contribution in [0.4, 0.5) is 10.1 Å². The van der Waals surface area contributed by atoms with Crippen molar-refractivity contribution >= 4 is 21.7 Å². The highest BCUT2D eigenvalue weighted by Crippen LogP contribution is 2.19. The minimum atomic E-state index is -3.32. The summed E-state index contributed by atoms with van der Waals surface area (Å²) in [6, 6.07) is 3.68. The number of rotatable bonds is 6. The lowest BCUT2D eigenvalue weighted by Crippen LogP contribution is -2.28. The summed E-state index contributed by atoms with van der Waals surface area (Å²) >= 11 is 0. The summed E-state index contributed by atoms with van der Waals surface area (Å²) in [6.07, 6.45) is 0.999. The Balaban J connectivity index is 2.70. The van der Waals surface area contributed by atoms with Crippen molar-refractivity contribution in [1.82, 2.24) is 4.72 Å². The second kappa shape index (κ2) is 5.78. The van der Waals surface area contributed by atoms with Gasteiger partial charge in [0.25, 0.3) is 0 Å². The van der Waals surface area contributed by atoms with Crippen LogP contribution in [0.15, 0.2) is 18.2 Å². The van der Waals surface area contributed by atoms with Crippen molar-refractivity contribution < 1.29 is 22.7 Å². The van der Waals surface area contributed by atoms with Gasteiger partial charge in [0, 0.05) is 13.1 Å². The predicted octanol–water partition coefficient (Wildman–Crippen LogP) is 0.485. The molecule has 0 amide bonds. The van der Waals surface area contributed by atoms with E-state index in [2.05, 4.69) is 10.0 Å². The van der Waals surface area contributed by atoms with E-state index in [9.17, 15) is 17.6 Å². The summed E-state index contributed by atoms with van der Waals surface area (Å²) in [4.78, 5) is 10.8. The summed E-state index contributed by atoms with van der Waals surface area (Å²) in [6.45, 7) is 0.112. The van der Waals surface area contributed by atoms with E-state index in [1.54, 1.807) is 0 Å². The number of aromatic carboxylic acids is 1. The average Bonchev–Trinajstić information content (AvgIpc) is 2.24. The average molecular weight is 276 g/mol. The first-order chi connectivity index (χ1) is 8.31. The molecule has 8 heteroatoms. The molecule has 0 aromatic heterocycles. The van der Waals surface area contributed by atoms with Crippen molar-refractivity contribution in [3.8, 4) is 0 Å². The highest BCUT2D eigenvalue weighted by molar-refractivity contribution is 7.88. The Bertz CT molecular complexity index is 545. The lowest BCUT2D eigenvalue weighted by molar-refractivity contribution is 0.0697. The molecule has 100 valence electrons. The Morgan fingerprint density at radius 2 is 2.06 bits per heavy atom. The summed E-state index contributed by atoms with van der Waals surface area (Å²) < 4.78 is 37.2. The minimum Gasteiger partial charge on any atom is -0.478 e. The number of benzene rings is 1. The summed E-state index contributed by atoms with van der Waals surface area (Å²) in [5.41, 5.74) is -0.352. The fourth-order valence-corrected chi connectivity index (χ4v) is 1.78. The van der Waals surface area contributed by atoms with Crippen LogP contribution in [-0.2, 0) is 10.0 Å². The van der Waals surface area contributed by atoms with Gasteiger partial charge >= 0.3 is 5.97 Å². The zero-order valence-corrected chi connectivity index (χ0v) is 10.4. The molecule has 0 aliphatic rings. The van der Waals surface area contributed by atoms with Crippen LogP contribution in [-0.4, -0.2) is 38.8 Å². The van der Waals surface area contributed by atoms with Gasteiger partial charge in [0.2, 0.25) is 10.0 Å². The number of nitrogens with one attached hydrogen (secondary N) is 2. The lowest BCUT2D eigenvalue weighted by Gasteiger charge is -2.10. The molecule has 6 nitrogen and oxygen atoms in total. The maximum absolute atomic E-state index is 13.4. The quantitative estimate of drug-likeness (QED) is 0.657. The van der Waals surface area contributed by atoms with E-state index < -0.39 is 21.8 Å². The van der Waals surface area contributed by atoms with Crippen LogP contribution in [0.3, 0.4) is 0 Å². The van der Waals surface area contributed by atoms with E-state index in [0.717, 1.165) is 12.3 Å². The Labute approximate surface area is 104 Å². The standard InChI is InChI=1S/C10H13FN2O4S/c1-18(16,17)13-6-5-12-9-7(10(14)15)3-2-4-8(9)11/h2-4,12-13H,5-6H2,1H3,(H,14,15). The van der Waals surface area contributed by atoms with Crippen LogP contribution in [0.5, 0.6) is 0 Å². The van der Waals surface area contributed by atoms with Crippen LogP contribution in [0, 0.1) is 5.82 Å². The molecular formula is C10H13FN2O4S. The number of anilines is 1. The largest absolute Gasteiger partial charge is 0.478 e. The van der Waals surface area contributed by atoms with Gasteiger partial charge in [0.05, 0.1) is 17.5 Å². The Morgan fingerprint density at radius 1 is 1.39 bits per heavy atom. The Kier molecular flexibility index (Phi) is 4.62. The van der Waals surface area contributed by atoms with E-state index >= 15 is 0 Å². The maximum atomic E-state index is 13.4. The van der Waals surface area contributed by atoms with Crippen LogP contribution in [0.2, 0.25) is 0 Å². The monoisotopic (exact) mass is 276 g/mol. The van der Waals surface area contributed by atoms with E-state index in [4.69, 9.17) is 5.11 Å². The molecule has 1 rings (SSSR count). The Hall–Kier alpha value is -1.67. The predicted molar refractivity (Wildman–Crippen MR) is 64.7 cm³/mol. The van der Waals surface area contributed by atoms with E-state index in [-0.39, 0.29) is 24.3 Å². The Morgan fingerprint density at radius 3 is 2.61 bits per heavy atom. The van der Waals surface area contributed by atoms with Gasteiger partial charge in [-0.3, -0.25) is 0 Å². The first-order valence-corrected chi connectivity index (χ1v) is 6.90. The number of carboxylic acid groups (broad SMARTS) is 1. The summed E-state index contributed by atoms with van der Waals surface area (Å²) in [7, 11) is -3.32. The lowest BCUT2D eigenvalue weighted by atomic mass is 10.1. The van der Waals surface area contributed by atoms with Crippen LogP contribution < -0.4 is 10.0 Å². The number of para-hydroxylation sites is 1. The second-order valence-corrected chi connectivity index (χ2v) is 5.39. The molecule has 0 spiro atoms. The number of hydrogen-bond donors (Lipinski definition) is 3. The van der Waals surface area contributed by atoms with Gasteiger partial charge in [0.1, 0.15) is 5.82 Å². The SMILES string of the molecule is CS(=O)(=O)NCCNc1c(F)cccc1C(=O)O. The molecule has 0 unspecified atom stereocenters. The third-order valence-electron chi connectivity index (χ3n) is 2.04. The van der Waals surface area contributed by atoms with Crippen molar-refractivity contribution in [2.75, 3.05) is 24.7 Å². The number of halogens is 1. The molecule has 0 fully saturated rings. The van der Waals surface area contributed by atoms with Crippen molar-refractivity contribution in [1.29, 1.82) is 0 Å².